The van der Waals surface area contributed by atoms with Crippen LogP contribution in [0.4, 0.5) is 0 Å². The summed E-state index contributed by atoms with van der Waals surface area (Å²) in [6.07, 6.45) is 10.2. The number of Topliss-reactive ketones (excluding diaryl/α,β-unsaturated/α-hetero) is 1. The molecule has 0 radical (unpaired) electrons. The Hall–Kier alpha value is -0.860. The third-order valence-corrected chi connectivity index (χ3v) is 8.66. The van der Waals surface area contributed by atoms with E-state index in [1.807, 2.05) is 0 Å². The Morgan fingerprint density at radius 1 is 1.04 bits per heavy atom. The minimum absolute atomic E-state index is 0.0146. The van der Waals surface area contributed by atoms with Crippen LogP contribution in [0.25, 0.3) is 0 Å². The second kappa shape index (κ2) is 5.57. The maximum atomic E-state index is 12.5. The molecule has 0 saturated heterocycles. The van der Waals surface area contributed by atoms with Crippen molar-refractivity contribution in [1.82, 2.24) is 0 Å². The monoisotopic (exact) mass is 332 g/mol. The van der Waals surface area contributed by atoms with Crippen LogP contribution in [0.5, 0.6) is 0 Å². The lowest BCUT2D eigenvalue weighted by Gasteiger charge is -2.60. The van der Waals surface area contributed by atoms with Crippen molar-refractivity contribution < 1.29 is 14.3 Å². The average molecular weight is 332 g/mol. The highest BCUT2D eigenvalue weighted by Gasteiger charge is 2.60. The summed E-state index contributed by atoms with van der Waals surface area (Å²) in [5.74, 6) is 3.26. The van der Waals surface area contributed by atoms with Crippen molar-refractivity contribution in [3.63, 3.8) is 0 Å². The highest BCUT2D eigenvalue weighted by molar-refractivity contribution is 5.87. The summed E-state index contributed by atoms with van der Waals surface area (Å²) in [5, 5.41) is 0. The molecule has 0 amide bonds. The maximum Gasteiger partial charge on any atom is 0.302 e. The van der Waals surface area contributed by atoms with Crippen molar-refractivity contribution >= 4 is 11.8 Å². The van der Waals surface area contributed by atoms with Gasteiger partial charge < -0.3 is 4.74 Å². The number of hydrogen-bond acceptors (Lipinski definition) is 3. The number of esters is 1. The molecule has 134 valence electrons. The molecule has 0 aromatic rings. The van der Waals surface area contributed by atoms with E-state index in [4.69, 9.17) is 4.74 Å². The van der Waals surface area contributed by atoms with Gasteiger partial charge in [-0.1, -0.05) is 13.8 Å². The predicted molar refractivity (Wildman–Crippen MR) is 92.3 cm³/mol. The topological polar surface area (TPSA) is 43.4 Å². The Kier molecular flexibility index (Phi) is 3.85. The number of ether oxygens (including phenoxy) is 1. The van der Waals surface area contributed by atoms with Gasteiger partial charge in [-0.2, -0.15) is 0 Å². The van der Waals surface area contributed by atoms with Gasteiger partial charge in [0.1, 0.15) is 11.9 Å². The minimum atomic E-state index is -0.129. The molecule has 0 aliphatic heterocycles. The molecule has 4 rings (SSSR count). The van der Waals surface area contributed by atoms with Gasteiger partial charge in [-0.15, -0.1) is 0 Å². The number of ketones is 1. The summed E-state index contributed by atoms with van der Waals surface area (Å²) >= 11 is 0. The molecule has 0 bridgehead atoms. The predicted octanol–water partition coefficient (Wildman–Crippen LogP) is 4.53. The van der Waals surface area contributed by atoms with E-state index in [0.29, 0.717) is 23.0 Å². The largest absolute Gasteiger partial charge is 0.463 e. The molecule has 0 aromatic heterocycles. The van der Waals surface area contributed by atoms with Crippen molar-refractivity contribution in [3.05, 3.63) is 0 Å². The first-order valence-electron chi connectivity index (χ1n) is 10.0. The highest BCUT2D eigenvalue weighted by Crippen LogP contribution is 2.65. The first-order valence-corrected chi connectivity index (χ1v) is 10.0. The van der Waals surface area contributed by atoms with Crippen LogP contribution in [0.2, 0.25) is 0 Å². The van der Waals surface area contributed by atoms with E-state index in [2.05, 4.69) is 13.8 Å². The Balaban J connectivity index is 1.54. The Bertz CT molecular complexity index is 555. The zero-order valence-electron chi connectivity index (χ0n) is 15.5. The normalized spacial score (nSPS) is 50.6. The van der Waals surface area contributed by atoms with Gasteiger partial charge in [0.05, 0.1) is 0 Å². The Labute approximate surface area is 145 Å². The fourth-order valence-electron chi connectivity index (χ4n) is 7.33. The maximum absolute atomic E-state index is 12.5. The fraction of sp³-hybridized carbons (Fsp3) is 0.905. The smallest absolute Gasteiger partial charge is 0.302 e. The summed E-state index contributed by atoms with van der Waals surface area (Å²) < 4.78 is 5.54. The third-order valence-electron chi connectivity index (χ3n) is 8.66. The van der Waals surface area contributed by atoms with Crippen LogP contribution in [-0.2, 0) is 14.3 Å². The molecule has 0 N–H and O–H groups in total. The summed E-state index contributed by atoms with van der Waals surface area (Å²) in [5.41, 5.74) is 0.381. The second-order valence-corrected chi connectivity index (χ2v) is 9.58. The van der Waals surface area contributed by atoms with Gasteiger partial charge in [0.25, 0.3) is 0 Å². The van der Waals surface area contributed by atoms with Gasteiger partial charge in [0.15, 0.2) is 0 Å². The van der Waals surface area contributed by atoms with Crippen LogP contribution in [0.3, 0.4) is 0 Å². The first kappa shape index (κ1) is 16.6. The molecule has 3 nitrogen and oxygen atoms in total. The van der Waals surface area contributed by atoms with Crippen molar-refractivity contribution in [2.24, 2.45) is 34.5 Å². The molecule has 6 unspecified atom stereocenters. The quantitative estimate of drug-likeness (QED) is 0.663. The van der Waals surface area contributed by atoms with Crippen LogP contribution >= 0.6 is 0 Å². The highest BCUT2D eigenvalue weighted by atomic mass is 16.5. The first-order chi connectivity index (χ1) is 11.3. The molecule has 4 aliphatic carbocycles. The van der Waals surface area contributed by atoms with E-state index in [1.54, 1.807) is 0 Å². The van der Waals surface area contributed by atoms with Crippen LogP contribution in [0.1, 0.15) is 78.6 Å². The number of carbonyl (C=O) groups excluding carboxylic acids is 2. The number of carbonyl (C=O) groups is 2. The van der Waals surface area contributed by atoms with Gasteiger partial charge in [0, 0.05) is 18.8 Å². The van der Waals surface area contributed by atoms with Crippen LogP contribution < -0.4 is 0 Å². The van der Waals surface area contributed by atoms with Gasteiger partial charge in [0.2, 0.25) is 0 Å². The van der Waals surface area contributed by atoms with E-state index in [9.17, 15) is 9.59 Å². The zero-order valence-corrected chi connectivity index (χ0v) is 15.5. The van der Waals surface area contributed by atoms with Gasteiger partial charge in [-0.25, -0.2) is 0 Å². The molecule has 3 heteroatoms. The fourth-order valence-corrected chi connectivity index (χ4v) is 7.33. The Morgan fingerprint density at radius 3 is 2.58 bits per heavy atom. The summed E-state index contributed by atoms with van der Waals surface area (Å²) in [4.78, 5) is 23.8. The number of fused-ring (bicyclic) bond motifs is 5. The van der Waals surface area contributed by atoms with Gasteiger partial charge in [-0.3, -0.25) is 9.59 Å². The molecule has 4 fully saturated rings. The number of hydrogen-bond donors (Lipinski definition) is 0. The molecule has 4 aliphatic rings. The Morgan fingerprint density at radius 2 is 1.83 bits per heavy atom. The minimum Gasteiger partial charge on any atom is -0.463 e. The summed E-state index contributed by atoms with van der Waals surface area (Å²) in [7, 11) is 0. The standard InChI is InChI=1S/C21H32O3/c1-13(22)24-15-8-10-20(2)14(12-15)4-5-16-17-6-7-19(23)21(17,3)11-9-18(16)20/h14-18H,4-12H2,1-3H3/t14-,15?,16?,17?,18?,20?,21?/m0/s1. The van der Waals surface area contributed by atoms with Crippen molar-refractivity contribution in [3.8, 4) is 0 Å². The van der Waals surface area contributed by atoms with Gasteiger partial charge >= 0.3 is 5.97 Å². The summed E-state index contributed by atoms with van der Waals surface area (Å²) in [6, 6.07) is 0. The van der Waals surface area contributed by atoms with Crippen molar-refractivity contribution in [1.29, 1.82) is 0 Å². The molecule has 0 aromatic carbocycles. The molecular formula is C21H32O3. The van der Waals surface area contributed by atoms with Gasteiger partial charge in [-0.05, 0) is 80.5 Å². The van der Waals surface area contributed by atoms with E-state index < -0.39 is 0 Å². The van der Waals surface area contributed by atoms with Crippen LogP contribution in [0, 0.1) is 34.5 Å². The van der Waals surface area contributed by atoms with Crippen LogP contribution in [0.15, 0.2) is 0 Å². The van der Waals surface area contributed by atoms with Crippen molar-refractivity contribution in [2.45, 2.75) is 84.7 Å². The third kappa shape index (κ3) is 2.29. The lowest BCUT2D eigenvalue weighted by molar-refractivity contribution is -0.160. The van der Waals surface area contributed by atoms with E-state index in [0.717, 1.165) is 43.9 Å². The van der Waals surface area contributed by atoms with E-state index in [-0.39, 0.29) is 17.5 Å². The van der Waals surface area contributed by atoms with Crippen molar-refractivity contribution in [2.75, 3.05) is 0 Å². The summed E-state index contributed by atoms with van der Waals surface area (Å²) in [6.45, 7) is 6.30. The second-order valence-electron chi connectivity index (χ2n) is 9.58. The average Bonchev–Trinajstić information content (AvgIpc) is 2.83. The van der Waals surface area contributed by atoms with E-state index >= 15 is 0 Å². The lowest BCUT2D eigenvalue weighted by atomic mass is 9.45. The number of rotatable bonds is 1. The molecule has 0 heterocycles. The van der Waals surface area contributed by atoms with E-state index in [1.165, 1.54) is 32.6 Å². The molecule has 7 atom stereocenters. The zero-order chi connectivity index (χ0) is 17.1. The lowest BCUT2D eigenvalue weighted by Crippen LogP contribution is -2.54. The molecular weight excluding hydrogens is 300 g/mol. The van der Waals surface area contributed by atoms with Crippen LogP contribution in [-0.4, -0.2) is 17.9 Å². The molecule has 24 heavy (non-hydrogen) atoms. The molecule has 0 spiro atoms. The molecule has 4 saturated carbocycles. The SMILES string of the molecule is CC(=O)OC1CCC2(C)C3CCC4(C)C(=O)CCC4C3CC[C@H]2C1.